The van der Waals surface area contributed by atoms with Crippen LogP contribution in [0.3, 0.4) is 0 Å². The lowest BCUT2D eigenvalue weighted by Crippen LogP contribution is -2.10. The van der Waals surface area contributed by atoms with E-state index in [1.165, 1.54) is 36.4 Å². The van der Waals surface area contributed by atoms with Gasteiger partial charge in [0.1, 0.15) is 4.90 Å². The number of benzene rings is 3. The summed E-state index contributed by atoms with van der Waals surface area (Å²) in [7, 11) is -4.15. The third-order valence-corrected chi connectivity index (χ3v) is 5.88. The Morgan fingerprint density at radius 2 is 1.52 bits per heavy atom. The fourth-order valence-corrected chi connectivity index (χ4v) is 4.23. The lowest BCUT2D eigenvalue weighted by molar-refractivity contribution is 0.486. The third kappa shape index (κ3) is 5.11. The molecule has 0 atom stereocenters. The number of hydrogen-bond acceptors (Lipinski definition) is 4. The second-order valence-corrected chi connectivity index (χ2v) is 8.64. The second kappa shape index (κ2) is 8.89. The van der Waals surface area contributed by atoms with Crippen LogP contribution >= 0.6 is 34.8 Å². The van der Waals surface area contributed by atoms with E-state index in [0.717, 1.165) is 5.56 Å². The molecule has 3 aromatic rings. The summed E-state index contributed by atoms with van der Waals surface area (Å²) in [4.78, 5) is -0.0890. The fourth-order valence-electron chi connectivity index (χ4n) is 2.47. The number of nitriles is 1. The molecule has 29 heavy (non-hydrogen) atoms. The fraction of sp³-hybridized carbons (Fsp3) is 0. The van der Waals surface area contributed by atoms with E-state index in [0.29, 0.717) is 16.2 Å². The van der Waals surface area contributed by atoms with Crippen LogP contribution in [0.15, 0.2) is 71.6 Å². The van der Waals surface area contributed by atoms with Gasteiger partial charge in [-0.1, -0.05) is 65.1 Å². The number of allylic oxidation sites excluding steroid dienone is 1. The predicted molar refractivity (Wildman–Crippen MR) is 116 cm³/mol. The summed E-state index contributed by atoms with van der Waals surface area (Å²) in [5.74, 6) is -0.196. The minimum absolute atomic E-state index is 0.00774. The summed E-state index contributed by atoms with van der Waals surface area (Å²) < 4.78 is 30.1. The van der Waals surface area contributed by atoms with Crippen molar-refractivity contribution in [2.24, 2.45) is 0 Å². The molecule has 3 aromatic carbocycles. The molecule has 8 heteroatoms. The van der Waals surface area contributed by atoms with Crippen molar-refractivity contribution < 1.29 is 12.6 Å². The van der Waals surface area contributed by atoms with E-state index in [1.54, 1.807) is 18.2 Å². The van der Waals surface area contributed by atoms with Crippen molar-refractivity contribution in [3.8, 4) is 11.8 Å². The van der Waals surface area contributed by atoms with Crippen molar-refractivity contribution in [2.45, 2.75) is 4.90 Å². The molecular formula is C21H12Cl3NO3S. The Hall–Kier alpha value is -2.49. The molecule has 0 aromatic heterocycles. The van der Waals surface area contributed by atoms with Gasteiger partial charge in [-0.2, -0.15) is 13.7 Å². The Labute approximate surface area is 183 Å². The van der Waals surface area contributed by atoms with Gasteiger partial charge in [-0.05, 0) is 53.6 Å². The maximum absolute atomic E-state index is 12.5. The minimum atomic E-state index is -4.15. The van der Waals surface area contributed by atoms with Gasteiger partial charge in [-0.15, -0.1) is 0 Å². The first-order valence-electron chi connectivity index (χ1n) is 8.16. The average Bonchev–Trinajstić information content (AvgIpc) is 2.70. The first-order valence-corrected chi connectivity index (χ1v) is 10.7. The molecule has 0 amide bonds. The van der Waals surface area contributed by atoms with E-state index in [2.05, 4.69) is 6.07 Å². The van der Waals surface area contributed by atoms with Gasteiger partial charge in [0, 0.05) is 5.02 Å². The van der Waals surface area contributed by atoms with Crippen LogP contribution in [-0.4, -0.2) is 8.42 Å². The zero-order chi connectivity index (χ0) is 21.0. The van der Waals surface area contributed by atoms with Crippen molar-refractivity contribution in [1.82, 2.24) is 0 Å². The molecule has 0 saturated carbocycles. The van der Waals surface area contributed by atoms with Crippen LogP contribution in [-0.2, 0) is 10.1 Å². The van der Waals surface area contributed by atoms with E-state index >= 15 is 0 Å². The van der Waals surface area contributed by atoms with E-state index in [-0.39, 0.29) is 20.7 Å². The zero-order valence-electron chi connectivity index (χ0n) is 14.6. The minimum Gasteiger partial charge on any atom is -0.376 e. The zero-order valence-corrected chi connectivity index (χ0v) is 17.7. The smallest absolute Gasteiger partial charge is 0.339 e. The maximum atomic E-state index is 12.5. The van der Waals surface area contributed by atoms with Gasteiger partial charge in [-0.3, -0.25) is 0 Å². The van der Waals surface area contributed by atoms with Crippen molar-refractivity contribution in [2.75, 3.05) is 0 Å². The van der Waals surface area contributed by atoms with Crippen molar-refractivity contribution in [3.63, 3.8) is 0 Å². The van der Waals surface area contributed by atoms with Gasteiger partial charge in [0.25, 0.3) is 0 Å². The molecular weight excluding hydrogens is 453 g/mol. The number of nitrogens with zero attached hydrogens (tertiary/aromatic N) is 1. The van der Waals surface area contributed by atoms with Crippen molar-refractivity contribution >= 4 is 56.6 Å². The average molecular weight is 465 g/mol. The SMILES string of the molecule is N#C/C(=C\c1cc(Cl)c(OS(=O)(=O)c2ccc(Cl)cc2)c(Cl)c1)c1ccccc1. The molecule has 0 heterocycles. The normalized spacial score (nSPS) is 11.7. The van der Waals surface area contributed by atoms with Crippen LogP contribution in [0.5, 0.6) is 5.75 Å². The highest BCUT2D eigenvalue weighted by Gasteiger charge is 2.21. The Morgan fingerprint density at radius 3 is 2.07 bits per heavy atom. The lowest BCUT2D eigenvalue weighted by atomic mass is 10.0. The van der Waals surface area contributed by atoms with Crippen molar-refractivity contribution in [3.05, 3.63) is 92.9 Å². The molecule has 4 nitrogen and oxygen atoms in total. The highest BCUT2D eigenvalue weighted by Crippen LogP contribution is 2.37. The molecule has 3 rings (SSSR count). The highest BCUT2D eigenvalue weighted by molar-refractivity contribution is 7.87. The van der Waals surface area contributed by atoms with Crippen LogP contribution < -0.4 is 4.18 Å². The number of hydrogen-bond donors (Lipinski definition) is 0. The summed E-state index contributed by atoms with van der Waals surface area (Å²) in [6.45, 7) is 0. The van der Waals surface area contributed by atoms with Crippen LogP contribution in [0, 0.1) is 11.3 Å². The summed E-state index contributed by atoms with van der Waals surface area (Å²) in [5.41, 5.74) is 1.66. The topological polar surface area (TPSA) is 67.2 Å². The van der Waals surface area contributed by atoms with E-state index < -0.39 is 10.1 Å². The largest absolute Gasteiger partial charge is 0.376 e. The maximum Gasteiger partial charge on any atom is 0.339 e. The van der Waals surface area contributed by atoms with Gasteiger partial charge in [0.15, 0.2) is 5.75 Å². The Bertz CT molecular complexity index is 1190. The van der Waals surface area contributed by atoms with Crippen LogP contribution in [0.1, 0.15) is 11.1 Å². The van der Waals surface area contributed by atoms with Crippen LogP contribution in [0.4, 0.5) is 0 Å². The van der Waals surface area contributed by atoms with Gasteiger partial charge in [0.2, 0.25) is 0 Å². The van der Waals surface area contributed by atoms with E-state index in [1.807, 2.05) is 18.2 Å². The summed E-state index contributed by atoms with van der Waals surface area (Å²) in [6.07, 6.45) is 1.60. The van der Waals surface area contributed by atoms with E-state index in [9.17, 15) is 13.7 Å². The Kier molecular flexibility index (Phi) is 6.51. The van der Waals surface area contributed by atoms with Gasteiger partial charge < -0.3 is 4.18 Å². The predicted octanol–water partition coefficient (Wildman–Crippen LogP) is 6.48. The van der Waals surface area contributed by atoms with Crippen molar-refractivity contribution in [1.29, 1.82) is 5.26 Å². The quantitative estimate of drug-likeness (QED) is 0.246. The lowest BCUT2D eigenvalue weighted by Gasteiger charge is -2.11. The summed E-state index contributed by atoms with van der Waals surface area (Å²) in [6, 6.07) is 19.6. The summed E-state index contributed by atoms with van der Waals surface area (Å²) in [5, 5.41) is 9.81. The standard InChI is InChI=1S/C21H12Cl3NO3S/c22-17-6-8-18(9-7-17)29(26,27)28-21-19(23)11-14(12-20(21)24)10-16(13-25)15-4-2-1-3-5-15/h1-12H/b16-10+. The van der Waals surface area contributed by atoms with Crippen LogP contribution in [0.25, 0.3) is 11.6 Å². The van der Waals surface area contributed by atoms with E-state index in [4.69, 9.17) is 39.0 Å². The Balaban J connectivity index is 1.95. The van der Waals surface area contributed by atoms with Crippen LogP contribution in [0.2, 0.25) is 15.1 Å². The number of halogens is 3. The molecule has 0 fully saturated rings. The second-order valence-electron chi connectivity index (χ2n) is 5.84. The highest BCUT2D eigenvalue weighted by atomic mass is 35.5. The third-order valence-electron chi connectivity index (χ3n) is 3.83. The van der Waals surface area contributed by atoms with Gasteiger partial charge >= 0.3 is 10.1 Å². The molecule has 0 bridgehead atoms. The molecule has 146 valence electrons. The first kappa shape index (κ1) is 21.2. The molecule has 0 aliphatic carbocycles. The van der Waals surface area contributed by atoms with Gasteiger partial charge in [-0.25, -0.2) is 0 Å². The molecule has 0 radical (unpaired) electrons. The molecule has 0 unspecified atom stereocenters. The molecule has 0 saturated heterocycles. The monoisotopic (exact) mass is 463 g/mol. The molecule has 0 aliphatic rings. The first-order chi connectivity index (χ1) is 13.8. The van der Waals surface area contributed by atoms with Gasteiger partial charge in [0.05, 0.1) is 21.7 Å². The molecule has 0 spiro atoms. The molecule has 0 aliphatic heterocycles. The molecule has 0 N–H and O–H groups in total. The Morgan fingerprint density at radius 1 is 0.931 bits per heavy atom. The summed E-state index contributed by atoms with van der Waals surface area (Å²) >= 11 is 18.2. The number of rotatable bonds is 5.